The second kappa shape index (κ2) is 3.44. The summed E-state index contributed by atoms with van der Waals surface area (Å²) in [4.78, 5) is 11.3. The van der Waals surface area contributed by atoms with Crippen LogP contribution >= 0.6 is 0 Å². The maximum absolute atomic E-state index is 11.3. The highest BCUT2D eigenvalue weighted by atomic mass is 16.5. The van der Waals surface area contributed by atoms with Gasteiger partial charge in [0.1, 0.15) is 5.54 Å². The van der Waals surface area contributed by atoms with Gasteiger partial charge in [-0.3, -0.25) is 4.79 Å². The lowest BCUT2D eigenvalue weighted by molar-refractivity contribution is -0.148. The van der Waals surface area contributed by atoms with E-state index >= 15 is 0 Å². The van der Waals surface area contributed by atoms with Gasteiger partial charge >= 0.3 is 5.97 Å². The van der Waals surface area contributed by atoms with Crippen LogP contribution in [0.25, 0.3) is 0 Å². The summed E-state index contributed by atoms with van der Waals surface area (Å²) in [6.45, 7) is 1.77. The van der Waals surface area contributed by atoms with Crippen LogP contribution in [0, 0.1) is 5.92 Å². The lowest BCUT2D eigenvalue weighted by Gasteiger charge is -2.27. The lowest BCUT2D eigenvalue weighted by atomic mass is 9.85. The van der Waals surface area contributed by atoms with E-state index in [2.05, 4.69) is 4.74 Å². The predicted molar refractivity (Wildman–Crippen MR) is 46.6 cm³/mol. The molecule has 0 spiro atoms. The maximum atomic E-state index is 11.3. The number of carbonyl (C=O) groups excluding carboxylic acids is 1. The number of nitrogens with two attached hydrogens (primary N) is 1. The first-order chi connectivity index (χ1) is 5.59. The first-order valence-electron chi connectivity index (χ1n) is 4.46. The van der Waals surface area contributed by atoms with Crippen molar-refractivity contribution in [3.8, 4) is 0 Å². The van der Waals surface area contributed by atoms with Crippen LogP contribution < -0.4 is 5.73 Å². The third kappa shape index (κ3) is 1.61. The Kier molecular flexibility index (Phi) is 2.73. The minimum absolute atomic E-state index is 0.283. The van der Waals surface area contributed by atoms with Crippen LogP contribution in [0.5, 0.6) is 0 Å². The second-order valence-corrected chi connectivity index (χ2v) is 3.76. The Morgan fingerprint density at radius 3 is 2.42 bits per heavy atom. The molecule has 3 nitrogen and oxygen atoms in total. The molecular weight excluding hydrogens is 154 g/mol. The topological polar surface area (TPSA) is 52.3 Å². The molecule has 3 heteroatoms. The highest BCUT2D eigenvalue weighted by molar-refractivity contribution is 5.80. The molecule has 1 rings (SSSR count). The Hall–Kier alpha value is -0.570. The average molecular weight is 171 g/mol. The molecule has 12 heavy (non-hydrogen) atoms. The van der Waals surface area contributed by atoms with E-state index in [1.54, 1.807) is 6.92 Å². The molecule has 0 aliphatic heterocycles. The van der Waals surface area contributed by atoms with Gasteiger partial charge in [-0.25, -0.2) is 0 Å². The number of methoxy groups -OCH3 is 1. The Balaban J connectivity index is 2.62. The fourth-order valence-corrected chi connectivity index (χ4v) is 1.91. The Bertz CT molecular complexity index is 171. The first kappa shape index (κ1) is 9.52. The van der Waals surface area contributed by atoms with E-state index in [0.717, 1.165) is 12.8 Å². The van der Waals surface area contributed by atoms with Crippen molar-refractivity contribution in [2.45, 2.75) is 38.1 Å². The standard InChI is InChI=1S/C9H17NO2/c1-9(10,8(11)12-2)7-5-3-4-6-7/h7H,3-6,10H2,1-2H3/t9-/m1/s1. The molecule has 0 unspecified atom stereocenters. The summed E-state index contributed by atoms with van der Waals surface area (Å²) in [5.74, 6) is 0.0272. The van der Waals surface area contributed by atoms with Crippen LogP contribution in [0.4, 0.5) is 0 Å². The van der Waals surface area contributed by atoms with E-state index in [1.165, 1.54) is 20.0 Å². The zero-order valence-electron chi connectivity index (χ0n) is 7.80. The number of carbonyl (C=O) groups is 1. The van der Waals surface area contributed by atoms with Gasteiger partial charge in [-0.2, -0.15) is 0 Å². The summed E-state index contributed by atoms with van der Waals surface area (Å²) < 4.78 is 4.66. The van der Waals surface area contributed by atoms with Gasteiger partial charge in [0, 0.05) is 0 Å². The van der Waals surface area contributed by atoms with Gasteiger partial charge in [-0.15, -0.1) is 0 Å². The number of ether oxygens (including phenoxy) is 1. The van der Waals surface area contributed by atoms with Crippen LogP contribution in [0.1, 0.15) is 32.6 Å². The molecule has 1 saturated carbocycles. The summed E-state index contributed by atoms with van der Waals surface area (Å²) in [5.41, 5.74) is 5.13. The van der Waals surface area contributed by atoms with Crippen LogP contribution in [-0.4, -0.2) is 18.6 Å². The van der Waals surface area contributed by atoms with E-state index in [0.29, 0.717) is 5.92 Å². The first-order valence-corrected chi connectivity index (χ1v) is 4.46. The molecule has 0 heterocycles. The Morgan fingerprint density at radius 1 is 1.50 bits per heavy atom. The molecule has 1 aliphatic carbocycles. The molecule has 0 saturated heterocycles. The minimum atomic E-state index is -0.773. The molecule has 0 aromatic rings. The normalized spacial score (nSPS) is 23.6. The smallest absolute Gasteiger partial charge is 0.325 e. The van der Waals surface area contributed by atoms with Gasteiger partial charge in [0.25, 0.3) is 0 Å². The van der Waals surface area contributed by atoms with Crippen molar-refractivity contribution in [3.63, 3.8) is 0 Å². The van der Waals surface area contributed by atoms with Gasteiger partial charge < -0.3 is 10.5 Å². The van der Waals surface area contributed by atoms with Crippen LogP contribution in [-0.2, 0) is 9.53 Å². The fraction of sp³-hybridized carbons (Fsp3) is 0.889. The average Bonchev–Trinajstić information content (AvgIpc) is 2.55. The van der Waals surface area contributed by atoms with Crippen LogP contribution in [0.3, 0.4) is 0 Å². The molecular formula is C9H17NO2. The molecule has 70 valence electrons. The van der Waals surface area contributed by atoms with E-state index < -0.39 is 5.54 Å². The zero-order chi connectivity index (χ0) is 9.19. The highest BCUT2D eigenvalue weighted by Gasteiger charge is 2.39. The summed E-state index contributed by atoms with van der Waals surface area (Å²) in [6.07, 6.45) is 4.49. The number of hydrogen-bond acceptors (Lipinski definition) is 3. The molecule has 1 fully saturated rings. The van der Waals surface area contributed by atoms with Gasteiger partial charge in [0.05, 0.1) is 7.11 Å². The number of esters is 1. The van der Waals surface area contributed by atoms with Crippen molar-refractivity contribution < 1.29 is 9.53 Å². The molecule has 0 radical (unpaired) electrons. The molecule has 0 amide bonds. The molecule has 0 aromatic heterocycles. The third-order valence-electron chi connectivity index (χ3n) is 2.83. The van der Waals surface area contributed by atoms with Gasteiger partial charge in [0.15, 0.2) is 0 Å². The van der Waals surface area contributed by atoms with Crippen molar-refractivity contribution in [3.05, 3.63) is 0 Å². The monoisotopic (exact) mass is 171 g/mol. The van der Waals surface area contributed by atoms with Gasteiger partial charge in [-0.1, -0.05) is 12.8 Å². The third-order valence-corrected chi connectivity index (χ3v) is 2.83. The minimum Gasteiger partial charge on any atom is -0.468 e. The molecule has 0 bridgehead atoms. The molecule has 1 aliphatic rings. The lowest BCUT2D eigenvalue weighted by Crippen LogP contribution is -2.51. The molecule has 1 atom stereocenters. The summed E-state index contributed by atoms with van der Waals surface area (Å²) >= 11 is 0. The van der Waals surface area contributed by atoms with Crippen molar-refractivity contribution >= 4 is 5.97 Å². The van der Waals surface area contributed by atoms with Gasteiger partial charge in [0.2, 0.25) is 0 Å². The number of rotatable bonds is 2. The number of hydrogen-bond donors (Lipinski definition) is 1. The predicted octanol–water partition coefficient (Wildman–Crippen LogP) is 1.07. The van der Waals surface area contributed by atoms with Crippen molar-refractivity contribution in [1.82, 2.24) is 0 Å². The van der Waals surface area contributed by atoms with Crippen molar-refractivity contribution in [1.29, 1.82) is 0 Å². The maximum Gasteiger partial charge on any atom is 0.325 e. The fourth-order valence-electron chi connectivity index (χ4n) is 1.91. The molecule has 2 N–H and O–H groups in total. The van der Waals surface area contributed by atoms with E-state index in [4.69, 9.17) is 5.73 Å². The Morgan fingerprint density at radius 2 is 2.00 bits per heavy atom. The molecule has 0 aromatic carbocycles. The van der Waals surface area contributed by atoms with E-state index in [9.17, 15) is 4.79 Å². The summed E-state index contributed by atoms with van der Waals surface area (Å²) in [7, 11) is 1.39. The van der Waals surface area contributed by atoms with E-state index in [-0.39, 0.29) is 5.97 Å². The van der Waals surface area contributed by atoms with Crippen LogP contribution in [0.2, 0.25) is 0 Å². The summed E-state index contributed by atoms with van der Waals surface area (Å²) in [6, 6.07) is 0. The van der Waals surface area contributed by atoms with Crippen molar-refractivity contribution in [2.75, 3.05) is 7.11 Å². The Labute approximate surface area is 73.3 Å². The highest BCUT2D eigenvalue weighted by Crippen LogP contribution is 2.32. The second-order valence-electron chi connectivity index (χ2n) is 3.76. The van der Waals surface area contributed by atoms with Crippen LogP contribution in [0.15, 0.2) is 0 Å². The van der Waals surface area contributed by atoms with Gasteiger partial charge in [-0.05, 0) is 25.7 Å². The summed E-state index contributed by atoms with van der Waals surface area (Å²) in [5, 5.41) is 0. The van der Waals surface area contributed by atoms with Crippen molar-refractivity contribution in [2.24, 2.45) is 11.7 Å². The quantitative estimate of drug-likeness (QED) is 0.632. The van der Waals surface area contributed by atoms with E-state index in [1.807, 2.05) is 0 Å². The largest absolute Gasteiger partial charge is 0.468 e. The zero-order valence-corrected chi connectivity index (χ0v) is 7.80. The SMILES string of the molecule is COC(=O)[C@](C)(N)C1CCCC1.